The lowest BCUT2D eigenvalue weighted by Gasteiger charge is -2.20. The molecule has 3 heteroatoms. The van der Waals surface area contributed by atoms with Gasteiger partial charge in [-0.3, -0.25) is 0 Å². The van der Waals surface area contributed by atoms with Crippen molar-refractivity contribution in [3.63, 3.8) is 0 Å². The number of benzene rings is 1. The van der Waals surface area contributed by atoms with Crippen LogP contribution in [0.2, 0.25) is 0 Å². The molecule has 2 aliphatic rings. The first-order valence-electron chi connectivity index (χ1n) is 6.75. The Hall–Kier alpha value is -0.210. The Labute approximate surface area is 122 Å². The third-order valence-electron chi connectivity index (χ3n) is 4.27. The van der Waals surface area contributed by atoms with Gasteiger partial charge < -0.3 is 4.74 Å². The Morgan fingerprint density at radius 2 is 2.06 bits per heavy atom. The van der Waals surface area contributed by atoms with Crippen LogP contribution in [0.25, 0.3) is 0 Å². The van der Waals surface area contributed by atoms with Crippen molar-refractivity contribution in [2.75, 3.05) is 6.61 Å². The van der Waals surface area contributed by atoms with Gasteiger partial charge in [0.2, 0.25) is 0 Å². The summed E-state index contributed by atoms with van der Waals surface area (Å²) in [4.78, 5) is 0. The van der Waals surface area contributed by atoms with Crippen molar-refractivity contribution < 1.29 is 4.74 Å². The SMILES string of the molecule is CCOc1ccc(C(Cl)C2CC3CC3C2)c(Br)c1. The molecule has 2 fully saturated rings. The van der Waals surface area contributed by atoms with Gasteiger partial charge >= 0.3 is 0 Å². The lowest BCUT2D eigenvalue weighted by atomic mass is 9.94. The predicted molar refractivity (Wildman–Crippen MR) is 78.2 cm³/mol. The van der Waals surface area contributed by atoms with Gasteiger partial charge in [-0.1, -0.05) is 22.0 Å². The largest absolute Gasteiger partial charge is 0.494 e. The van der Waals surface area contributed by atoms with Crippen LogP contribution in [-0.2, 0) is 0 Å². The van der Waals surface area contributed by atoms with Gasteiger partial charge in [0.05, 0.1) is 12.0 Å². The van der Waals surface area contributed by atoms with E-state index < -0.39 is 0 Å². The molecule has 0 spiro atoms. The van der Waals surface area contributed by atoms with Crippen molar-refractivity contribution >= 4 is 27.5 Å². The van der Waals surface area contributed by atoms with Crippen LogP contribution in [0.4, 0.5) is 0 Å². The molecule has 0 aliphatic heterocycles. The molecule has 1 aromatic carbocycles. The monoisotopic (exact) mass is 328 g/mol. The van der Waals surface area contributed by atoms with Gasteiger partial charge in [-0.05, 0) is 61.6 Å². The number of ether oxygens (including phenoxy) is 1. The predicted octanol–water partition coefficient (Wildman–Crippen LogP) is 5.17. The fourth-order valence-corrected chi connectivity index (χ4v) is 4.37. The summed E-state index contributed by atoms with van der Waals surface area (Å²) < 4.78 is 6.58. The Morgan fingerprint density at radius 1 is 1.33 bits per heavy atom. The molecule has 0 heterocycles. The second-order valence-corrected chi connectivity index (χ2v) is 6.83. The molecule has 1 nitrogen and oxygen atoms in total. The summed E-state index contributed by atoms with van der Waals surface area (Å²) in [6.07, 6.45) is 4.08. The van der Waals surface area contributed by atoms with Gasteiger partial charge in [0.15, 0.2) is 0 Å². The maximum Gasteiger partial charge on any atom is 0.120 e. The number of hydrogen-bond acceptors (Lipinski definition) is 1. The summed E-state index contributed by atoms with van der Waals surface area (Å²) in [5.74, 6) is 3.53. The van der Waals surface area contributed by atoms with Crippen LogP contribution in [0.3, 0.4) is 0 Å². The first kappa shape index (κ1) is 12.8. The molecule has 98 valence electrons. The Bertz CT molecular complexity index is 438. The number of hydrogen-bond donors (Lipinski definition) is 0. The quantitative estimate of drug-likeness (QED) is 0.692. The molecule has 0 bridgehead atoms. The zero-order valence-corrected chi connectivity index (χ0v) is 12.9. The van der Waals surface area contributed by atoms with Crippen LogP contribution in [0.1, 0.15) is 37.1 Å². The summed E-state index contributed by atoms with van der Waals surface area (Å²) in [5.41, 5.74) is 1.21. The lowest BCUT2D eigenvalue weighted by molar-refractivity contribution is 0.340. The Balaban J connectivity index is 1.74. The number of rotatable bonds is 4. The van der Waals surface area contributed by atoms with Gasteiger partial charge in [0.1, 0.15) is 5.75 Å². The van der Waals surface area contributed by atoms with Crippen LogP contribution in [0.5, 0.6) is 5.75 Å². The fourth-order valence-electron chi connectivity index (χ4n) is 3.24. The molecule has 18 heavy (non-hydrogen) atoms. The van der Waals surface area contributed by atoms with Gasteiger partial charge in [0.25, 0.3) is 0 Å². The maximum atomic E-state index is 6.66. The molecular formula is C15H18BrClO. The second-order valence-electron chi connectivity index (χ2n) is 5.51. The number of fused-ring (bicyclic) bond motifs is 1. The van der Waals surface area contributed by atoms with Gasteiger partial charge in [-0.25, -0.2) is 0 Å². The molecule has 2 aliphatic carbocycles. The van der Waals surface area contributed by atoms with E-state index >= 15 is 0 Å². The highest BCUT2D eigenvalue weighted by Gasteiger charge is 2.47. The van der Waals surface area contributed by atoms with Crippen molar-refractivity contribution in [3.05, 3.63) is 28.2 Å². The summed E-state index contributed by atoms with van der Waals surface area (Å²) >= 11 is 10.3. The molecule has 0 amide bonds. The maximum absolute atomic E-state index is 6.66. The van der Waals surface area contributed by atoms with Crippen molar-refractivity contribution in [2.24, 2.45) is 17.8 Å². The minimum Gasteiger partial charge on any atom is -0.494 e. The molecule has 3 unspecified atom stereocenters. The van der Waals surface area contributed by atoms with E-state index in [-0.39, 0.29) is 5.38 Å². The van der Waals surface area contributed by atoms with E-state index in [1.54, 1.807) is 0 Å². The van der Waals surface area contributed by atoms with Crippen LogP contribution < -0.4 is 4.74 Å². The third kappa shape index (κ3) is 2.42. The van der Waals surface area contributed by atoms with E-state index in [1.165, 1.54) is 24.8 Å². The van der Waals surface area contributed by atoms with E-state index in [1.807, 2.05) is 19.1 Å². The van der Waals surface area contributed by atoms with Crippen LogP contribution >= 0.6 is 27.5 Å². The average molecular weight is 330 g/mol. The topological polar surface area (TPSA) is 9.23 Å². The molecule has 0 N–H and O–H groups in total. The highest BCUT2D eigenvalue weighted by Crippen LogP contribution is 2.58. The van der Waals surface area contributed by atoms with Crippen molar-refractivity contribution in [1.82, 2.24) is 0 Å². The molecule has 3 rings (SSSR count). The number of halogens is 2. The minimum atomic E-state index is 0.142. The van der Waals surface area contributed by atoms with E-state index in [9.17, 15) is 0 Å². The molecule has 0 radical (unpaired) electrons. The summed E-state index contributed by atoms with van der Waals surface area (Å²) in [6.45, 7) is 2.69. The minimum absolute atomic E-state index is 0.142. The Kier molecular flexibility index (Phi) is 3.59. The van der Waals surface area contributed by atoms with Crippen LogP contribution in [0.15, 0.2) is 22.7 Å². The van der Waals surface area contributed by atoms with E-state index in [2.05, 4.69) is 22.0 Å². The second kappa shape index (κ2) is 5.05. The molecule has 3 atom stereocenters. The Morgan fingerprint density at radius 3 is 2.67 bits per heavy atom. The standard InChI is InChI=1S/C15H18BrClO/c1-2-18-12-3-4-13(14(16)8-12)15(17)11-6-9-5-10(9)7-11/h3-4,8-11,15H,2,5-7H2,1H3. The third-order valence-corrected chi connectivity index (χ3v) is 5.55. The van der Waals surface area contributed by atoms with E-state index in [0.29, 0.717) is 12.5 Å². The first-order chi connectivity index (χ1) is 8.69. The molecule has 0 saturated heterocycles. The highest BCUT2D eigenvalue weighted by atomic mass is 79.9. The van der Waals surface area contributed by atoms with Crippen LogP contribution in [0, 0.1) is 17.8 Å². The summed E-state index contributed by atoms with van der Waals surface area (Å²) in [6, 6.07) is 6.16. The van der Waals surface area contributed by atoms with E-state index in [0.717, 1.165) is 22.1 Å². The zero-order valence-electron chi connectivity index (χ0n) is 10.5. The van der Waals surface area contributed by atoms with Crippen molar-refractivity contribution in [2.45, 2.75) is 31.6 Å². The van der Waals surface area contributed by atoms with Crippen molar-refractivity contribution in [3.8, 4) is 5.75 Å². The lowest BCUT2D eigenvalue weighted by Crippen LogP contribution is -2.07. The molecular weight excluding hydrogens is 312 g/mol. The molecule has 0 aromatic heterocycles. The number of alkyl halides is 1. The first-order valence-corrected chi connectivity index (χ1v) is 7.98. The molecule has 1 aromatic rings. The van der Waals surface area contributed by atoms with Crippen molar-refractivity contribution in [1.29, 1.82) is 0 Å². The van der Waals surface area contributed by atoms with Gasteiger partial charge in [-0.15, -0.1) is 11.6 Å². The van der Waals surface area contributed by atoms with Gasteiger partial charge in [-0.2, -0.15) is 0 Å². The highest BCUT2D eigenvalue weighted by molar-refractivity contribution is 9.10. The van der Waals surface area contributed by atoms with Crippen LogP contribution in [-0.4, -0.2) is 6.61 Å². The normalized spacial score (nSPS) is 30.9. The summed E-state index contributed by atoms with van der Waals surface area (Å²) in [7, 11) is 0. The van der Waals surface area contributed by atoms with Gasteiger partial charge in [0, 0.05) is 4.47 Å². The average Bonchev–Trinajstić information content (AvgIpc) is 2.96. The molecule has 2 saturated carbocycles. The fraction of sp³-hybridized carbons (Fsp3) is 0.600. The van der Waals surface area contributed by atoms with E-state index in [4.69, 9.17) is 16.3 Å². The zero-order chi connectivity index (χ0) is 12.7. The summed E-state index contributed by atoms with van der Waals surface area (Å²) in [5, 5.41) is 0.142. The smallest absolute Gasteiger partial charge is 0.120 e.